The maximum Gasteiger partial charge on any atom is 0.260 e. The van der Waals surface area contributed by atoms with Crippen LogP contribution in [0.5, 0.6) is 5.75 Å². The number of nitrogens with zero attached hydrogens (tertiary/aromatic N) is 1. The number of hydrogen-bond donors (Lipinski definition) is 2. The highest BCUT2D eigenvalue weighted by atomic mass is 35.5. The van der Waals surface area contributed by atoms with Crippen LogP contribution < -0.4 is 15.4 Å². The lowest BCUT2D eigenvalue weighted by Crippen LogP contribution is -2.51. The molecular formula is C21H30ClN3O3. The van der Waals surface area contributed by atoms with E-state index in [0.29, 0.717) is 37.0 Å². The van der Waals surface area contributed by atoms with Crippen molar-refractivity contribution in [1.29, 1.82) is 0 Å². The predicted molar refractivity (Wildman–Crippen MR) is 110 cm³/mol. The number of rotatable bonds is 5. The Balaban J connectivity index is 0.00000225. The smallest absolute Gasteiger partial charge is 0.260 e. The van der Waals surface area contributed by atoms with E-state index in [4.69, 9.17) is 4.74 Å². The molecule has 0 aliphatic carbocycles. The summed E-state index contributed by atoms with van der Waals surface area (Å²) < 4.78 is 5.55. The summed E-state index contributed by atoms with van der Waals surface area (Å²) in [7, 11) is 0. The van der Waals surface area contributed by atoms with E-state index in [0.717, 1.165) is 25.7 Å². The van der Waals surface area contributed by atoms with Crippen LogP contribution in [0.2, 0.25) is 0 Å². The first-order chi connectivity index (χ1) is 13.2. The van der Waals surface area contributed by atoms with E-state index in [-0.39, 0.29) is 36.7 Å². The van der Waals surface area contributed by atoms with Gasteiger partial charge < -0.3 is 20.3 Å². The molecule has 3 saturated heterocycles. The third kappa shape index (κ3) is 5.17. The molecule has 2 atom stereocenters. The molecule has 6 nitrogen and oxygen atoms in total. The Hall–Kier alpha value is -1.79. The molecule has 3 heterocycles. The largest absolute Gasteiger partial charge is 0.484 e. The first kappa shape index (κ1) is 20.9. The van der Waals surface area contributed by atoms with Gasteiger partial charge in [-0.15, -0.1) is 12.4 Å². The SMILES string of the molecule is Cl.O=C(NC1CC2CCC(C1)N2)C1CCN(C(=O)COc2ccccc2)CC1. The summed E-state index contributed by atoms with van der Waals surface area (Å²) in [6, 6.07) is 10.9. The Labute approximate surface area is 172 Å². The van der Waals surface area contributed by atoms with Gasteiger partial charge in [-0.05, 0) is 50.7 Å². The molecule has 1 aromatic carbocycles. The fourth-order valence-corrected chi connectivity index (χ4v) is 4.64. The van der Waals surface area contributed by atoms with Gasteiger partial charge in [0, 0.05) is 37.1 Å². The molecule has 2 N–H and O–H groups in total. The molecule has 7 heteroatoms. The van der Waals surface area contributed by atoms with Gasteiger partial charge in [0.15, 0.2) is 6.61 Å². The van der Waals surface area contributed by atoms with Gasteiger partial charge >= 0.3 is 0 Å². The van der Waals surface area contributed by atoms with E-state index in [1.807, 2.05) is 35.2 Å². The number of fused-ring (bicyclic) bond motifs is 2. The molecule has 154 valence electrons. The number of piperidine rings is 2. The monoisotopic (exact) mass is 407 g/mol. The number of carbonyl (C=O) groups is 2. The lowest BCUT2D eigenvalue weighted by atomic mass is 9.93. The zero-order valence-electron chi connectivity index (χ0n) is 16.1. The van der Waals surface area contributed by atoms with Crippen LogP contribution in [0.3, 0.4) is 0 Å². The van der Waals surface area contributed by atoms with Crippen LogP contribution in [0.25, 0.3) is 0 Å². The molecule has 3 aliphatic rings. The van der Waals surface area contributed by atoms with Crippen molar-refractivity contribution in [2.45, 2.75) is 56.7 Å². The summed E-state index contributed by atoms with van der Waals surface area (Å²) in [6.45, 7) is 1.32. The Morgan fingerprint density at radius 3 is 2.32 bits per heavy atom. The molecule has 3 aliphatic heterocycles. The quantitative estimate of drug-likeness (QED) is 0.784. The predicted octanol–water partition coefficient (Wildman–Crippen LogP) is 2.12. The molecule has 4 rings (SSSR count). The molecule has 3 fully saturated rings. The van der Waals surface area contributed by atoms with Gasteiger partial charge in [0.05, 0.1) is 0 Å². The minimum Gasteiger partial charge on any atom is -0.484 e. The number of nitrogens with one attached hydrogen (secondary N) is 2. The Bertz CT molecular complexity index is 652. The minimum atomic E-state index is -0.00681. The lowest BCUT2D eigenvalue weighted by Gasteiger charge is -2.34. The number of carbonyl (C=O) groups excluding carboxylic acids is 2. The van der Waals surface area contributed by atoms with Crippen molar-refractivity contribution < 1.29 is 14.3 Å². The van der Waals surface area contributed by atoms with Crippen LogP contribution in [0, 0.1) is 5.92 Å². The molecule has 0 aromatic heterocycles. The van der Waals surface area contributed by atoms with E-state index in [2.05, 4.69) is 10.6 Å². The summed E-state index contributed by atoms with van der Waals surface area (Å²) in [5, 5.41) is 6.88. The van der Waals surface area contributed by atoms with Crippen LogP contribution in [-0.2, 0) is 9.59 Å². The van der Waals surface area contributed by atoms with Crippen molar-refractivity contribution >= 4 is 24.2 Å². The summed E-state index contributed by atoms with van der Waals surface area (Å²) in [5.74, 6) is 0.897. The highest BCUT2D eigenvalue weighted by molar-refractivity contribution is 5.85. The highest BCUT2D eigenvalue weighted by Crippen LogP contribution is 2.27. The van der Waals surface area contributed by atoms with Crippen LogP contribution in [0.4, 0.5) is 0 Å². The third-order valence-corrected chi connectivity index (χ3v) is 6.14. The average molecular weight is 408 g/mol. The second kappa shape index (κ2) is 9.61. The van der Waals surface area contributed by atoms with Gasteiger partial charge in [-0.3, -0.25) is 9.59 Å². The van der Waals surface area contributed by atoms with Crippen molar-refractivity contribution in [3.8, 4) is 5.75 Å². The van der Waals surface area contributed by atoms with E-state index in [1.54, 1.807) is 0 Å². The van der Waals surface area contributed by atoms with Crippen molar-refractivity contribution in [2.24, 2.45) is 5.92 Å². The van der Waals surface area contributed by atoms with Gasteiger partial charge in [-0.1, -0.05) is 18.2 Å². The normalized spacial score (nSPS) is 27.0. The van der Waals surface area contributed by atoms with E-state index >= 15 is 0 Å². The van der Waals surface area contributed by atoms with Crippen molar-refractivity contribution in [1.82, 2.24) is 15.5 Å². The summed E-state index contributed by atoms with van der Waals surface area (Å²) in [5.41, 5.74) is 0. The van der Waals surface area contributed by atoms with Crippen LogP contribution in [0.1, 0.15) is 38.5 Å². The first-order valence-corrected chi connectivity index (χ1v) is 10.2. The zero-order valence-corrected chi connectivity index (χ0v) is 17.0. The van der Waals surface area contributed by atoms with E-state index in [1.165, 1.54) is 12.8 Å². The summed E-state index contributed by atoms with van der Waals surface area (Å²) in [6.07, 6.45) is 6.06. The van der Waals surface area contributed by atoms with Crippen LogP contribution in [-0.4, -0.2) is 54.5 Å². The summed E-state index contributed by atoms with van der Waals surface area (Å²) >= 11 is 0. The van der Waals surface area contributed by atoms with Gasteiger partial charge in [0.2, 0.25) is 5.91 Å². The molecule has 28 heavy (non-hydrogen) atoms. The molecule has 0 spiro atoms. The molecule has 1 aromatic rings. The fraction of sp³-hybridized carbons (Fsp3) is 0.619. The number of ether oxygens (including phenoxy) is 1. The van der Waals surface area contributed by atoms with Gasteiger partial charge in [0.1, 0.15) is 5.75 Å². The van der Waals surface area contributed by atoms with Crippen LogP contribution >= 0.6 is 12.4 Å². The Kier molecular flexibility index (Phi) is 7.18. The van der Waals surface area contributed by atoms with E-state index in [9.17, 15) is 9.59 Å². The Morgan fingerprint density at radius 2 is 1.68 bits per heavy atom. The van der Waals surface area contributed by atoms with Gasteiger partial charge in [-0.2, -0.15) is 0 Å². The Morgan fingerprint density at radius 1 is 1.04 bits per heavy atom. The second-order valence-electron chi connectivity index (χ2n) is 8.07. The molecule has 0 saturated carbocycles. The minimum absolute atomic E-state index is 0. The highest BCUT2D eigenvalue weighted by Gasteiger charge is 2.35. The number of amides is 2. The van der Waals surface area contributed by atoms with Crippen molar-refractivity contribution in [3.05, 3.63) is 30.3 Å². The maximum atomic E-state index is 12.6. The first-order valence-electron chi connectivity index (χ1n) is 10.2. The zero-order chi connectivity index (χ0) is 18.6. The number of likely N-dealkylation sites (tertiary alicyclic amines) is 1. The maximum absolute atomic E-state index is 12.6. The third-order valence-electron chi connectivity index (χ3n) is 6.14. The fourth-order valence-electron chi connectivity index (χ4n) is 4.64. The lowest BCUT2D eigenvalue weighted by molar-refractivity contribution is -0.137. The molecule has 2 bridgehead atoms. The van der Waals surface area contributed by atoms with Gasteiger partial charge in [0.25, 0.3) is 5.91 Å². The molecule has 0 radical (unpaired) electrons. The molecule has 2 amide bonds. The number of hydrogen-bond acceptors (Lipinski definition) is 4. The number of para-hydroxylation sites is 1. The van der Waals surface area contributed by atoms with Crippen molar-refractivity contribution in [2.75, 3.05) is 19.7 Å². The van der Waals surface area contributed by atoms with Crippen LogP contribution in [0.15, 0.2) is 30.3 Å². The molecular weight excluding hydrogens is 378 g/mol. The standard InChI is InChI=1S/C21H29N3O3.ClH/c25-20(14-27-19-4-2-1-3-5-19)24-10-8-15(9-11-24)21(26)23-18-12-16-6-7-17(13-18)22-16;/h1-5,15-18,22H,6-14H2,(H,23,26);1H. The molecule has 2 unspecified atom stereocenters. The topological polar surface area (TPSA) is 70.7 Å². The average Bonchev–Trinajstić information content (AvgIpc) is 3.05. The second-order valence-corrected chi connectivity index (χ2v) is 8.07. The van der Waals surface area contributed by atoms with Crippen molar-refractivity contribution in [3.63, 3.8) is 0 Å². The van der Waals surface area contributed by atoms with Gasteiger partial charge in [-0.25, -0.2) is 0 Å². The number of benzene rings is 1. The number of halogens is 1. The van der Waals surface area contributed by atoms with E-state index < -0.39 is 0 Å². The summed E-state index contributed by atoms with van der Waals surface area (Å²) in [4.78, 5) is 26.8.